The first-order valence-corrected chi connectivity index (χ1v) is 9.97. The van der Waals surface area contributed by atoms with Crippen molar-refractivity contribution in [3.05, 3.63) is 101 Å². The van der Waals surface area contributed by atoms with E-state index in [4.69, 9.17) is 0 Å². The highest BCUT2D eigenvalue weighted by atomic mass is 19.4. The molecule has 2 heterocycles. The number of rotatable bonds is 3. The number of aromatic nitrogens is 2. The molecule has 32 heavy (non-hydrogen) atoms. The first-order valence-electron chi connectivity index (χ1n) is 9.97. The normalized spacial score (nSPS) is 19.4. The Balaban J connectivity index is 1.69. The molecular formula is C24H18F3N3O2. The molecular weight excluding hydrogens is 419 g/mol. The van der Waals surface area contributed by atoms with E-state index < -0.39 is 29.4 Å². The van der Waals surface area contributed by atoms with Crippen molar-refractivity contribution >= 4 is 16.9 Å². The minimum absolute atomic E-state index is 0.266. The number of imidazole rings is 1. The van der Waals surface area contributed by atoms with Crippen molar-refractivity contribution in [3.63, 3.8) is 0 Å². The van der Waals surface area contributed by atoms with Gasteiger partial charge in [-0.3, -0.25) is 9.69 Å². The molecule has 5 rings (SSSR count). The van der Waals surface area contributed by atoms with Crippen molar-refractivity contribution < 1.29 is 23.1 Å². The summed E-state index contributed by atoms with van der Waals surface area (Å²) in [6.07, 6.45) is -3.00. The molecule has 1 amide bonds. The molecule has 3 aromatic carbocycles. The maximum absolute atomic E-state index is 13.4. The predicted molar refractivity (Wildman–Crippen MR) is 112 cm³/mol. The number of aliphatic hydroxyl groups is 1. The third-order valence-electron chi connectivity index (χ3n) is 6.01. The summed E-state index contributed by atoms with van der Waals surface area (Å²) in [4.78, 5) is 21.8. The van der Waals surface area contributed by atoms with Crippen molar-refractivity contribution in [2.45, 2.75) is 24.9 Å². The Kier molecular flexibility index (Phi) is 4.39. The van der Waals surface area contributed by atoms with Gasteiger partial charge in [-0.05, 0) is 42.8 Å². The van der Waals surface area contributed by atoms with E-state index in [1.165, 1.54) is 23.4 Å². The van der Waals surface area contributed by atoms with E-state index in [0.29, 0.717) is 27.7 Å². The zero-order valence-corrected chi connectivity index (χ0v) is 16.9. The number of hydrogen-bond donors (Lipinski definition) is 2. The van der Waals surface area contributed by atoms with Crippen molar-refractivity contribution in [1.29, 1.82) is 0 Å². The van der Waals surface area contributed by atoms with E-state index in [1.54, 1.807) is 49.4 Å². The highest BCUT2D eigenvalue weighted by Crippen LogP contribution is 2.47. The number of carbonyl (C=O) groups excluding carboxylic acids is 1. The van der Waals surface area contributed by atoms with Gasteiger partial charge in [0.25, 0.3) is 5.91 Å². The van der Waals surface area contributed by atoms with Crippen LogP contribution in [-0.2, 0) is 11.9 Å². The monoisotopic (exact) mass is 437 g/mol. The summed E-state index contributed by atoms with van der Waals surface area (Å²) >= 11 is 0. The fraction of sp³-hybridized carbons (Fsp3) is 0.167. The molecule has 2 N–H and O–H groups in total. The van der Waals surface area contributed by atoms with Crippen molar-refractivity contribution in [3.8, 4) is 0 Å². The number of hydrogen-bond acceptors (Lipinski definition) is 3. The zero-order valence-electron chi connectivity index (χ0n) is 16.9. The third-order valence-corrected chi connectivity index (χ3v) is 6.01. The number of carbonyl (C=O) groups is 1. The molecule has 2 unspecified atom stereocenters. The molecule has 1 aromatic heterocycles. The standard InChI is InChI=1S/C24H18F3N3O2/c1-14(15-5-4-6-17(11-15)24(25,26)27)30-22(31)18-7-2-3-8-19(18)23(30,32)16-9-10-20-21(12-16)29-13-28-20/h2-14,32H,1H3,(H,28,29). The molecule has 2 atom stereocenters. The smallest absolute Gasteiger partial charge is 0.363 e. The van der Waals surface area contributed by atoms with Gasteiger partial charge in [-0.2, -0.15) is 13.2 Å². The highest BCUT2D eigenvalue weighted by Gasteiger charge is 2.52. The topological polar surface area (TPSA) is 69.2 Å². The van der Waals surface area contributed by atoms with Crippen LogP contribution in [-0.4, -0.2) is 25.9 Å². The van der Waals surface area contributed by atoms with Crippen molar-refractivity contribution in [2.24, 2.45) is 0 Å². The van der Waals surface area contributed by atoms with Crippen molar-refractivity contribution in [2.75, 3.05) is 0 Å². The summed E-state index contributed by atoms with van der Waals surface area (Å²) in [5, 5.41) is 12.1. The molecule has 1 aliphatic heterocycles. The van der Waals surface area contributed by atoms with Gasteiger partial charge in [0.2, 0.25) is 0 Å². The Bertz CT molecular complexity index is 1350. The van der Waals surface area contributed by atoms with E-state index in [0.717, 1.165) is 12.1 Å². The van der Waals surface area contributed by atoms with Crippen LogP contribution in [0.3, 0.4) is 0 Å². The lowest BCUT2D eigenvalue weighted by molar-refractivity contribution is -0.137. The quantitative estimate of drug-likeness (QED) is 0.474. The van der Waals surface area contributed by atoms with Crippen LogP contribution in [0.4, 0.5) is 13.2 Å². The minimum Gasteiger partial charge on any atom is -0.363 e. The number of H-pyrrole nitrogens is 1. The molecule has 5 nitrogen and oxygen atoms in total. The fourth-order valence-corrected chi connectivity index (χ4v) is 4.41. The number of benzene rings is 3. The number of nitrogens with zero attached hydrogens (tertiary/aromatic N) is 2. The van der Waals surface area contributed by atoms with Gasteiger partial charge in [0.15, 0.2) is 5.72 Å². The number of alkyl halides is 3. The number of halogens is 3. The Morgan fingerprint density at radius 2 is 1.84 bits per heavy atom. The number of nitrogens with one attached hydrogen (secondary N) is 1. The molecule has 0 bridgehead atoms. The Hall–Kier alpha value is -3.65. The Labute approximate surface area is 181 Å². The molecule has 0 aliphatic carbocycles. The molecule has 0 saturated heterocycles. The molecule has 0 radical (unpaired) electrons. The Morgan fingerprint density at radius 3 is 2.62 bits per heavy atom. The SMILES string of the molecule is CC(c1cccc(C(F)(F)F)c1)N1C(=O)c2ccccc2C1(O)c1ccc2nc[nH]c2c1. The first kappa shape index (κ1) is 20.3. The molecule has 162 valence electrons. The number of fused-ring (bicyclic) bond motifs is 2. The van der Waals surface area contributed by atoms with E-state index in [1.807, 2.05) is 0 Å². The van der Waals surface area contributed by atoms with Gasteiger partial charge in [-0.25, -0.2) is 4.98 Å². The summed E-state index contributed by atoms with van der Waals surface area (Å²) in [6, 6.07) is 15.7. The van der Waals surface area contributed by atoms with Crippen molar-refractivity contribution in [1.82, 2.24) is 14.9 Å². The summed E-state index contributed by atoms with van der Waals surface area (Å²) in [5.41, 5.74) is 0.0237. The molecule has 0 fully saturated rings. The van der Waals surface area contributed by atoms with Gasteiger partial charge in [-0.15, -0.1) is 0 Å². The van der Waals surface area contributed by atoms with Gasteiger partial charge in [0, 0.05) is 16.7 Å². The molecule has 0 saturated carbocycles. The van der Waals surface area contributed by atoms with E-state index in [-0.39, 0.29) is 5.56 Å². The summed E-state index contributed by atoms with van der Waals surface area (Å²) < 4.78 is 39.9. The average Bonchev–Trinajstić information content (AvgIpc) is 3.34. The van der Waals surface area contributed by atoms with Gasteiger partial charge < -0.3 is 10.1 Å². The summed E-state index contributed by atoms with van der Waals surface area (Å²) in [6.45, 7) is 1.61. The predicted octanol–water partition coefficient (Wildman–Crippen LogP) is 4.99. The van der Waals surface area contributed by atoms with Crippen LogP contribution < -0.4 is 0 Å². The van der Waals surface area contributed by atoms with E-state index in [2.05, 4.69) is 9.97 Å². The van der Waals surface area contributed by atoms with Crippen LogP contribution in [0.25, 0.3) is 11.0 Å². The number of amides is 1. The van der Waals surface area contributed by atoms with Gasteiger partial charge in [0.05, 0.1) is 29.0 Å². The largest absolute Gasteiger partial charge is 0.416 e. The van der Waals surface area contributed by atoms with Crippen LogP contribution in [0, 0.1) is 0 Å². The van der Waals surface area contributed by atoms with Crippen LogP contribution in [0.1, 0.15) is 45.6 Å². The van der Waals surface area contributed by atoms with Crippen LogP contribution in [0.5, 0.6) is 0 Å². The molecule has 0 spiro atoms. The second-order valence-corrected chi connectivity index (χ2v) is 7.83. The second-order valence-electron chi connectivity index (χ2n) is 7.83. The lowest BCUT2D eigenvalue weighted by atomic mass is 9.92. The Morgan fingerprint density at radius 1 is 1.06 bits per heavy atom. The molecule has 8 heteroatoms. The summed E-state index contributed by atoms with van der Waals surface area (Å²) in [7, 11) is 0. The van der Waals surface area contributed by atoms with Gasteiger partial charge in [-0.1, -0.05) is 36.4 Å². The van der Waals surface area contributed by atoms with Crippen LogP contribution >= 0.6 is 0 Å². The zero-order chi connectivity index (χ0) is 22.7. The second kappa shape index (κ2) is 6.93. The molecule has 4 aromatic rings. The minimum atomic E-state index is -4.52. The average molecular weight is 437 g/mol. The molecule has 1 aliphatic rings. The van der Waals surface area contributed by atoms with E-state index >= 15 is 0 Å². The third kappa shape index (κ3) is 2.90. The lowest BCUT2D eigenvalue weighted by Crippen LogP contribution is -2.46. The maximum Gasteiger partial charge on any atom is 0.416 e. The lowest BCUT2D eigenvalue weighted by Gasteiger charge is -2.39. The van der Waals surface area contributed by atoms with Gasteiger partial charge >= 0.3 is 6.18 Å². The fourth-order valence-electron chi connectivity index (χ4n) is 4.41. The van der Waals surface area contributed by atoms with E-state index in [9.17, 15) is 23.1 Å². The summed E-state index contributed by atoms with van der Waals surface area (Å²) in [5.74, 6) is -0.460. The highest BCUT2D eigenvalue weighted by molar-refractivity contribution is 6.00. The van der Waals surface area contributed by atoms with Crippen LogP contribution in [0.2, 0.25) is 0 Å². The van der Waals surface area contributed by atoms with Crippen LogP contribution in [0.15, 0.2) is 73.1 Å². The van der Waals surface area contributed by atoms with Gasteiger partial charge in [0.1, 0.15) is 0 Å². The number of aromatic amines is 1. The maximum atomic E-state index is 13.4. The first-order chi connectivity index (χ1) is 15.2.